The Morgan fingerprint density at radius 3 is 2.19 bits per heavy atom. The minimum atomic E-state index is -1.01. The number of rotatable bonds is 6. The number of methoxy groups -OCH3 is 4. The lowest BCUT2D eigenvalue weighted by Gasteiger charge is -2.26. The van der Waals surface area contributed by atoms with Gasteiger partial charge >= 0.3 is 0 Å². The number of ether oxygens (including phenoxy) is 5. The molecule has 0 spiro atoms. The number of aliphatic hydroxyl groups excluding tert-OH is 1. The summed E-state index contributed by atoms with van der Waals surface area (Å²) < 4.78 is 26.1. The monoisotopic (exact) mass is 236 g/mol. The fraction of sp³-hybridized carbons (Fsp3) is 1.00. The summed E-state index contributed by atoms with van der Waals surface area (Å²) in [6, 6.07) is 0. The Morgan fingerprint density at radius 2 is 1.75 bits per heavy atom. The molecule has 0 aromatic rings. The van der Waals surface area contributed by atoms with E-state index < -0.39 is 18.5 Å². The molecule has 0 aliphatic carbocycles. The molecule has 0 aromatic heterocycles. The highest BCUT2D eigenvalue weighted by atomic mass is 16.7. The molecule has 6 nitrogen and oxygen atoms in total. The first-order chi connectivity index (χ1) is 7.69. The lowest BCUT2D eigenvalue weighted by Crippen LogP contribution is -2.43. The summed E-state index contributed by atoms with van der Waals surface area (Å²) >= 11 is 0. The molecule has 5 atom stereocenters. The third-order valence-electron chi connectivity index (χ3n) is 2.77. The van der Waals surface area contributed by atoms with E-state index in [4.69, 9.17) is 23.7 Å². The van der Waals surface area contributed by atoms with Crippen LogP contribution in [-0.2, 0) is 23.7 Å². The van der Waals surface area contributed by atoms with Crippen LogP contribution in [0.25, 0.3) is 0 Å². The molecular formula is C10H20O6. The second kappa shape index (κ2) is 6.48. The van der Waals surface area contributed by atoms with E-state index in [9.17, 15) is 5.11 Å². The molecule has 16 heavy (non-hydrogen) atoms. The Bertz CT molecular complexity index is 200. The fourth-order valence-electron chi connectivity index (χ4n) is 1.94. The normalized spacial score (nSPS) is 36.6. The second-order valence-electron chi connectivity index (χ2n) is 3.62. The molecule has 0 radical (unpaired) electrons. The van der Waals surface area contributed by atoms with Gasteiger partial charge in [-0.3, -0.25) is 0 Å². The zero-order valence-corrected chi connectivity index (χ0v) is 10.1. The molecule has 0 saturated carbocycles. The van der Waals surface area contributed by atoms with Crippen LogP contribution in [0.3, 0.4) is 0 Å². The van der Waals surface area contributed by atoms with Crippen molar-refractivity contribution in [2.45, 2.75) is 30.7 Å². The number of aliphatic hydroxyl groups is 1. The van der Waals surface area contributed by atoms with Crippen molar-refractivity contribution in [2.24, 2.45) is 0 Å². The lowest BCUT2D eigenvalue weighted by molar-refractivity contribution is -0.160. The highest BCUT2D eigenvalue weighted by Crippen LogP contribution is 2.27. The summed E-state index contributed by atoms with van der Waals surface area (Å²) in [6.45, 7) is 0.365. The average Bonchev–Trinajstić information content (AvgIpc) is 2.61. The molecule has 1 rings (SSSR count). The number of hydrogen-bond acceptors (Lipinski definition) is 6. The molecule has 1 aliphatic heterocycles. The summed E-state index contributed by atoms with van der Waals surface area (Å²) in [5, 5.41) is 9.65. The standard InChI is InChI=1S/C10H20O6/c1-12-5-6(13-2)7-8(14-3)9(15-4)10(11)16-7/h6-11H,5H2,1-4H3/t6-,7+,8+,9-,10+/m1/s1. The van der Waals surface area contributed by atoms with Gasteiger partial charge in [0.05, 0.1) is 6.61 Å². The van der Waals surface area contributed by atoms with Gasteiger partial charge in [0.25, 0.3) is 0 Å². The van der Waals surface area contributed by atoms with Crippen molar-refractivity contribution in [3.8, 4) is 0 Å². The quantitative estimate of drug-likeness (QED) is 0.664. The Kier molecular flexibility index (Phi) is 5.60. The van der Waals surface area contributed by atoms with E-state index in [0.717, 1.165) is 0 Å². The summed E-state index contributed by atoms with van der Waals surface area (Å²) in [5.41, 5.74) is 0. The van der Waals surface area contributed by atoms with Gasteiger partial charge in [-0.25, -0.2) is 0 Å². The maximum atomic E-state index is 9.65. The largest absolute Gasteiger partial charge is 0.382 e. The van der Waals surface area contributed by atoms with Gasteiger partial charge in [-0.1, -0.05) is 0 Å². The van der Waals surface area contributed by atoms with E-state index in [1.165, 1.54) is 7.11 Å². The van der Waals surface area contributed by atoms with E-state index in [-0.39, 0.29) is 12.2 Å². The van der Waals surface area contributed by atoms with E-state index in [0.29, 0.717) is 6.61 Å². The van der Waals surface area contributed by atoms with Gasteiger partial charge in [-0.05, 0) is 0 Å². The van der Waals surface area contributed by atoms with E-state index in [1.54, 1.807) is 21.3 Å². The molecule has 1 saturated heterocycles. The molecule has 0 aromatic carbocycles. The fourth-order valence-corrected chi connectivity index (χ4v) is 1.94. The minimum Gasteiger partial charge on any atom is -0.382 e. The van der Waals surface area contributed by atoms with E-state index in [1.807, 2.05) is 0 Å². The first-order valence-electron chi connectivity index (χ1n) is 5.10. The van der Waals surface area contributed by atoms with Crippen LogP contribution < -0.4 is 0 Å². The van der Waals surface area contributed by atoms with E-state index >= 15 is 0 Å². The molecule has 1 fully saturated rings. The summed E-state index contributed by atoms with van der Waals surface area (Å²) in [5.74, 6) is 0. The Labute approximate surface area is 95.4 Å². The molecule has 0 amide bonds. The first-order valence-corrected chi connectivity index (χ1v) is 5.10. The van der Waals surface area contributed by atoms with Gasteiger partial charge in [-0.2, -0.15) is 0 Å². The van der Waals surface area contributed by atoms with Crippen LogP contribution >= 0.6 is 0 Å². The zero-order chi connectivity index (χ0) is 12.1. The molecule has 0 unspecified atom stereocenters. The molecule has 1 aliphatic rings. The third kappa shape index (κ3) is 2.71. The van der Waals surface area contributed by atoms with Gasteiger partial charge < -0.3 is 28.8 Å². The van der Waals surface area contributed by atoms with Crippen LogP contribution in [0, 0.1) is 0 Å². The second-order valence-corrected chi connectivity index (χ2v) is 3.62. The molecule has 6 heteroatoms. The molecule has 96 valence electrons. The third-order valence-corrected chi connectivity index (χ3v) is 2.77. The van der Waals surface area contributed by atoms with Crippen molar-refractivity contribution < 1.29 is 28.8 Å². The Morgan fingerprint density at radius 1 is 1.12 bits per heavy atom. The maximum absolute atomic E-state index is 9.65. The van der Waals surface area contributed by atoms with Gasteiger partial charge in [-0.15, -0.1) is 0 Å². The molecular weight excluding hydrogens is 216 g/mol. The van der Waals surface area contributed by atoms with Gasteiger partial charge in [0, 0.05) is 28.4 Å². The summed E-state index contributed by atoms with van der Waals surface area (Å²) in [6.07, 6.45) is -2.60. The van der Waals surface area contributed by atoms with Crippen LogP contribution in [0.5, 0.6) is 0 Å². The smallest absolute Gasteiger partial charge is 0.184 e. The van der Waals surface area contributed by atoms with Crippen LogP contribution in [0.2, 0.25) is 0 Å². The van der Waals surface area contributed by atoms with Crippen LogP contribution in [0.15, 0.2) is 0 Å². The van der Waals surface area contributed by atoms with Crippen molar-refractivity contribution in [3.63, 3.8) is 0 Å². The molecule has 1 heterocycles. The SMILES string of the molecule is COC[C@@H](OC)[C@@H]1O[C@H](O)[C@H](OC)[C@H]1OC. The predicted molar refractivity (Wildman–Crippen MR) is 55.1 cm³/mol. The van der Waals surface area contributed by atoms with E-state index in [2.05, 4.69) is 0 Å². The Balaban J connectivity index is 2.71. The van der Waals surface area contributed by atoms with Gasteiger partial charge in [0.15, 0.2) is 6.29 Å². The van der Waals surface area contributed by atoms with Crippen molar-refractivity contribution >= 4 is 0 Å². The van der Waals surface area contributed by atoms with Crippen molar-refractivity contribution in [1.82, 2.24) is 0 Å². The van der Waals surface area contributed by atoms with Crippen molar-refractivity contribution in [2.75, 3.05) is 35.0 Å². The maximum Gasteiger partial charge on any atom is 0.184 e. The topological polar surface area (TPSA) is 66.4 Å². The molecule has 0 bridgehead atoms. The molecule has 1 N–H and O–H groups in total. The van der Waals surface area contributed by atoms with Crippen LogP contribution in [0.4, 0.5) is 0 Å². The van der Waals surface area contributed by atoms with Gasteiger partial charge in [0.2, 0.25) is 0 Å². The highest BCUT2D eigenvalue weighted by Gasteiger charge is 2.48. The van der Waals surface area contributed by atoms with Crippen LogP contribution in [0.1, 0.15) is 0 Å². The van der Waals surface area contributed by atoms with Gasteiger partial charge in [0.1, 0.15) is 24.4 Å². The van der Waals surface area contributed by atoms with Crippen molar-refractivity contribution in [1.29, 1.82) is 0 Å². The number of hydrogen-bond donors (Lipinski definition) is 1. The predicted octanol–water partition coefficient (Wildman–Crippen LogP) is -0.605. The summed E-state index contributed by atoms with van der Waals surface area (Å²) in [7, 11) is 6.19. The lowest BCUT2D eigenvalue weighted by atomic mass is 10.1. The van der Waals surface area contributed by atoms with Crippen LogP contribution in [-0.4, -0.2) is 70.9 Å². The van der Waals surface area contributed by atoms with Crippen molar-refractivity contribution in [3.05, 3.63) is 0 Å². The Hall–Kier alpha value is -0.240. The summed E-state index contributed by atoms with van der Waals surface area (Å²) in [4.78, 5) is 0. The zero-order valence-electron chi connectivity index (χ0n) is 10.1. The average molecular weight is 236 g/mol. The minimum absolute atomic E-state index is 0.301. The highest BCUT2D eigenvalue weighted by molar-refractivity contribution is 4.92. The first kappa shape index (κ1) is 13.8.